The van der Waals surface area contributed by atoms with Crippen molar-refractivity contribution in [2.24, 2.45) is 0 Å². The number of nitrogens with zero attached hydrogens (tertiary/aromatic N) is 1. The van der Waals surface area contributed by atoms with Gasteiger partial charge in [0, 0.05) is 31.0 Å². The SMILES string of the molecule is O=C(O)CCCCCCN1C(=O)OCC[C@@H]1CC[C@H](O)C(F)(F)c1ccccc1. The molecule has 1 fully saturated rings. The van der Waals surface area contributed by atoms with E-state index in [1.807, 2.05) is 0 Å². The highest BCUT2D eigenvalue weighted by atomic mass is 19.3. The molecule has 0 aromatic heterocycles. The van der Waals surface area contributed by atoms with Gasteiger partial charge >= 0.3 is 12.1 Å². The first-order valence-corrected chi connectivity index (χ1v) is 10.1. The average molecular weight is 413 g/mol. The van der Waals surface area contributed by atoms with E-state index in [9.17, 15) is 23.5 Å². The molecule has 0 spiro atoms. The summed E-state index contributed by atoms with van der Waals surface area (Å²) in [6, 6.07) is 6.97. The number of cyclic esters (lactones) is 1. The number of aliphatic hydroxyl groups excluding tert-OH is 1. The summed E-state index contributed by atoms with van der Waals surface area (Å²) in [5.41, 5.74) is -0.228. The molecule has 2 rings (SSSR count). The Kier molecular flexibility index (Phi) is 8.82. The zero-order valence-corrected chi connectivity index (χ0v) is 16.4. The van der Waals surface area contributed by atoms with Crippen LogP contribution in [0.3, 0.4) is 0 Å². The van der Waals surface area contributed by atoms with Gasteiger partial charge in [0.1, 0.15) is 6.10 Å². The molecule has 29 heavy (non-hydrogen) atoms. The number of unbranched alkanes of at least 4 members (excludes halogenated alkanes) is 3. The molecule has 0 saturated carbocycles. The van der Waals surface area contributed by atoms with Gasteiger partial charge in [-0.1, -0.05) is 43.2 Å². The molecule has 1 aliphatic rings. The van der Waals surface area contributed by atoms with Crippen molar-refractivity contribution in [2.75, 3.05) is 13.2 Å². The summed E-state index contributed by atoms with van der Waals surface area (Å²) in [6.07, 6.45) is 1.30. The fourth-order valence-electron chi connectivity index (χ4n) is 3.54. The molecule has 0 radical (unpaired) electrons. The minimum absolute atomic E-state index is 0.127. The van der Waals surface area contributed by atoms with Crippen LogP contribution in [0.1, 0.15) is 56.9 Å². The number of aliphatic hydroxyl groups is 1. The molecule has 0 unspecified atom stereocenters. The summed E-state index contributed by atoms with van der Waals surface area (Å²) in [5, 5.41) is 18.7. The normalized spacial score (nSPS) is 18.4. The van der Waals surface area contributed by atoms with Gasteiger partial charge in [0.05, 0.1) is 6.61 Å². The number of alkyl halides is 2. The van der Waals surface area contributed by atoms with Gasteiger partial charge in [0.2, 0.25) is 0 Å². The van der Waals surface area contributed by atoms with E-state index in [2.05, 4.69) is 0 Å². The Morgan fingerprint density at radius 2 is 1.90 bits per heavy atom. The summed E-state index contributed by atoms with van der Waals surface area (Å²) in [4.78, 5) is 24.2. The minimum atomic E-state index is -3.36. The van der Waals surface area contributed by atoms with Crippen molar-refractivity contribution in [3.63, 3.8) is 0 Å². The Bertz CT molecular complexity index is 656. The number of aliphatic carboxylic acids is 1. The quantitative estimate of drug-likeness (QED) is 0.503. The number of carboxylic acids is 1. The first-order valence-electron chi connectivity index (χ1n) is 10.1. The maximum atomic E-state index is 14.5. The van der Waals surface area contributed by atoms with E-state index in [1.54, 1.807) is 11.0 Å². The predicted octanol–water partition coefficient (Wildman–Crippen LogP) is 4.17. The predicted molar refractivity (Wildman–Crippen MR) is 103 cm³/mol. The number of hydrogen-bond donors (Lipinski definition) is 2. The Morgan fingerprint density at radius 1 is 1.21 bits per heavy atom. The van der Waals surface area contributed by atoms with Crippen LogP contribution in [0, 0.1) is 0 Å². The van der Waals surface area contributed by atoms with Gasteiger partial charge in [0.25, 0.3) is 5.92 Å². The summed E-state index contributed by atoms with van der Waals surface area (Å²) in [6.45, 7) is 0.672. The largest absolute Gasteiger partial charge is 0.481 e. The number of hydrogen-bond acceptors (Lipinski definition) is 4. The van der Waals surface area contributed by atoms with E-state index in [0.717, 1.165) is 12.8 Å². The molecule has 6 nitrogen and oxygen atoms in total. The van der Waals surface area contributed by atoms with Crippen LogP contribution < -0.4 is 0 Å². The first kappa shape index (κ1) is 23.1. The van der Waals surface area contributed by atoms with Crippen molar-refractivity contribution in [3.8, 4) is 0 Å². The Balaban J connectivity index is 1.83. The first-order chi connectivity index (χ1) is 13.8. The van der Waals surface area contributed by atoms with E-state index in [4.69, 9.17) is 9.84 Å². The fourth-order valence-corrected chi connectivity index (χ4v) is 3.54. The van der Waals surface area contributed by atoms with Crippen molar-refractivity contribution in [3.05, 3.63) is 35.9 Å². The summed E-state index contributed by atoms with van der Waals surface area (Å²) in [5.74, 6) is -4.18. The highest BCUT2D eigenvalue weighted by Crippen LogP contribution is 2.34. The van der Waals surface area contributed by atoms with E-state index in [1.165, 1.54) is 24.3 Å². The summed E-state index contributed by atoms with van der Waals surface area (Å²) < 4.78 is 34.0. The lowest BCUT2D eigenvalue weighted by Crippen LogP contribution is -2.46. The average Bonchev–Trinajstić information content (AvgIpc) is 2.70. The van der Waals surface area contributed by atoms with Crippen LogP contribution in [0.25, 0.3) is 0 Å². The fraction of sp³-hybridized carbons (Fsp3) is 0.619. The van der Waals surface area contributed by atoms with Crippen LogP contribution in [-0.4, -0.2) is 52.5 Å². The topological polar surface area (TPSA) is 87.1 Å². The molecular formula is C21H29F2NO5. The maximum absolute atomic E-state index is 14.5. The highest BCUT2D eigenvalue weighted by molar-refractivity contribution is 5.68. The molecule has 0 bridgehead atoms. The number of carboxylic acid groups (broad SMARTS) is 1. The van der Waals surface area contributed by atoms with Crippen LogP contribution in [0.15, 0.2) is 30.3 Å². The standard InChI is InChI=1S/C21H29F2NO5/c22-21(23,16-8-4-3-5-9-16)18(25)12-11-17-13-15-29-20(28)24(17)14-7-2-1-6-10-19(26)27/h3-5,8-9,17-18,25H,1-2,6-7,10-15H2,(H,26,27)/t17-,18-/m0/s1. The van der Waals surface area contributed by atoms with E-state index in [-0.39, 0.29) is 37.5 Å². The summed E-state index contributed by atoms with van der Waals surface area (Å²) in [7, 11) is 0. The second kappa shape index (κ2) is 11.1. The lowest BCUT2D eigenvalue weighted by molar-refractivity contribution is -0.137. The molecule has 1 aromatic rings. The number of halogens is 2. The molecule has 8 heteroatoms. The molecule has 2 N–H and O–H groups in total. The molecule has 1 amide bonds. The van der Waals surface area contributed by atoms with Crippen LogP contribution >= 0.6 is 0 Å². The van der Waals surface area contributed by atoms with E-state index < -0.39 is 24.1 Å². The Labute approximate surface area is 169 Å². The van der Waals surface area contributed by atoms with Gasteiger partial charge < -0.3 is 19.8 Å². The third kappa shape index (κ3) is 6.96. The van der Waals surface area contributed by atoms with Crippen LogP contribution in [-0.2, 0) is 15.5 Å². The number of ether oxygens (including phenoxy) is 1. The van der Waals surface area contributed by atoms with Gasteiger partial charge in [-0.3, -0.25) is 4.79 Å². The molecular weight excluding hydrogens is 384 g/mol. The van der Waals surface area contributed by atoms with Gasteiger partial charge in [-0.2, -0.15) is 8.78 Å². The number of rotatable bonds is 12. The molecule has 1 aromatic carbocycles. The van der Waals surface area contributed by atoms with Crippen LogP contribution in [0.4, 0.5) is 13.6 Å². The van der Waals surface area contributed by atoms with Gasteiger partial charge in [0.15, 0.2) is 0 Å². The molecule has 2 atom stereocenters. The van der Waals surface area contributed by atoms with Crippen LogP contribution in [0.2, 0.25) is 0 Å². The minimum Gasteiger partial charge on any atom is -0.481 e. The maximum Gasteiger partial charge on any atom is 0.410 e. The smallest absolute Gasteiger partial charge is 0.410 e. The lowest BCUT2D eigenvalue weighted by Gasteiger charge is -2.36. The van der Waals surface area contributed by atoms with Gasteiger partial charge in [-0.15, -0.1) is 0 Å². The van der Waals surface area contributed by atoms with Gasteiger partial charge in [-0.25, -0.2) is 4.79 Å². The lowest BCUT2D eigenvalue weighted by atomic mass is 9.96. The molecule has 162 valence electrons. The zero-order valence-electron chi connectivity index (χ0n) is 16.4. The zero-order chi connectivity index (χ0) is 21.3. The monoisotopic (exact) mass is 413 g/mol. The van der Waals surface area contributed by atoms with E-state index in [0.29, 0.717) is 25.8 Å². The van der Waals surface area contributed by atoms with Crippen molar-refractivity contribution >= 4 is 12.1 Å². The molecule has 0 aliphatic carbocycles. The van der Waals surface area contributed by atoms with Crippen LogP contribution in [0.5, 0.6) is 0 Å². The van der Waals surface area contributed by atoms with Crippen molar-refractivity contribution in [2.45, 2.75) is 69.4 Å². The molecule has 1 aliphatic heterocycles. The Morgan fingerprint density at radius 3 is 2.59 bits per heavy atom. The molecule has 1 saturated heterocycles. The molecule has 1 heterocycles. The second-order valence-corrected chi connectivity index (χ2v) is 7.39. The van der Waals surface area contributed by atoms with Crippen molar-refractivity contribution < 1.29 is 33.3 Å². The van der Waals surface area contributed by atoms with E-state index >= 15 is 0 Å². The van der Waals surface area contributed by atoms with Gasteiger partial charge in [-0.05, 0) is 25.7 Å². The number of carbonyl (C=O) groups is 2. The highest BCUT2D eigenvalue weighted by Gasteiger charge is 2.41. The third-order valence-electron chi connectivity index (χ3n) is 5.24. The number of carbonyl (C=O) groups excluding carboxylic acids is 1. The Hall–Kier alpha value is -2.22. The van der Waals surface area contributed by atoms with Crippen molar-refractivity contribution in [1.29, 1.82) is 0 Å². The second-order valence-electron chi connectivity index (χ2n) is 7.39. The number of amides is 1. The summed E-state index contributed by atoms with van der Waals surface area (Å²) >= 11 is 0. The van der Waals surface area contributed by atoms with Crippen molar-refractivity contribution in [1.82, 2.24) is 4.90 Å². The third-order valence-corrected chi connectivity index (χ3v) is 5.24. The number of benzene rings is 1.